The Bertz CT molecular complexity index is 936. The fourth-order valence-corrected chi connectivity index (χ4v) is 3.30. The summed E-state index contributed by atoms with van der Waals surface area (Å²) in [6, 6.07) is 9.54. The maximum atomic E-state index is 13.7. The lowest BCUT2D eigenvalue weighted by Crippen LogP contribution is -2.37. The highest BCUT2D eigenvalue weighted by atomic mass is 32.2. The average Bonchev–Trinajstić information content (AvgIpc) is 2.53. The van der Waals surface area contributed by atoms with E-state index in [4.69, 9.17) is 0 Å². The molecular formula is C19H22F2N2O3S. The van der Waals surface area contributed by atoms with Crippen molar-refractivity contribution in [3.05, 3.63) is 59.7 Å². The topological polar surface area (TPSA) is 66.5 Å². The first-order valence-electron chi connectivity index (χ1n) is 8.21. The van der Waals surface area contributed by atoms with Gasteiger partial charge in [-0.2, -0.15) is 0 Å². The van der Waals surface area contributed by atoms with Crippen molar-refractivity contribution in [1.29, 1.82) is 0 Å². The number of carbonyl (C=O) groups excluding carboxylic acids is 1. The van der Waals surface area contributed by atoms with Crippen LogP contribution in [0.4, 0.5) is 20.2 Å². The summed E-state index contributed by atoms with van der Waals surface area (Å²) in [5, 5.41) is 2.26. The second-order valence-corrected chi connectivity index (χ2v) is 9.15. The van der Waals surface area contributed by atoms with Crippen molar-refractivity contribution in [2.24, 2.45) is 0 Å². The van der Waals surface area contributed by atoms with Crippen LogP contribution < -0.4 is 9.62 Å². The van der Waals surface area contributed by atoms with Crippen LogP contribution in [0.3, 0.4) is 0 Å². The quantitative estimate of drug-likeness (QED) is 0.839. The number of sulfonamides is 1. The SMILES string of the molecule is CC(C)(C)c1ccc(N(CC(=O)Nc2ccc(F)cc2F)S(C)(=O)=O)cc1. The molecule has 0 fully saturated rings. The van der Waals surface area contributed by atoms with E-state index < -0.39 is 34.1 Å². The lowest BCUT2D eigenvalue weighted by atomic mass is 9.87. The van der Waals surface area contributed by atoms with Gasteiger partial charge in [0.05, 0.1) is 17.6 Å². The van der Waals surface area contributed by atoms with Crippen molar-refractivity contribution in [1.82, 2.24) is 0 Å². The molecule has 0 aliphatic carbocycles. The molecule has 2 rings (SSSR count). The van der Waals surface area contributed by atoms with E-state index in [1.54, 1.807) is 24.3 Å². The number of hydrogen-bond acceptors (Lipinski definition) is 3. The molecule has 0 radical (unpaired) electrons. The van der Waals surface area contributed by atoms with Gasteiger partial charge < -0.3 is 5.32 Å². The highest BCUT2D eigenvalue weighted by Crippen LogP contribution is 2.26. The summed E-state index contributed by atoms with van der Waals surface area (Å²) in [7, 11) is -3.75. The third-order valence-corrected chi connectivity index (χ3v) is 5.05. The molecule has 0 aromatic heterocycles. The zero-order valence-electron chi connectivity index (χ0n) is 15.6. The zero-order valence-corrected chi connectivity index (χ0v) is 16.4. The number of nitrogens with zero attached hydrogens (tertiary/aromatic N) is 1. The number of nitrogens with one attached hydrogen (secondary N) is 1. The fourth-order valence-electron chi connectivity index (χ4n) is 2.44. The van der Waals surface area contributed by atoms with E-state index >= 15 is 0 Å². The van der Waals surface area contributed by atoms with Gasteiger partial charge >= 0.3 is 0 Å². The van der Waals surface area contributed by atoms with Crippen LogP contribution in [-0.2, 0) is 20.2 Å². The van der Waals surface area contributed by atoms with Gasteiger partial charge in [0.2, 0.25) is 15.9 Å². The Balaban J connectivity index is 2.23. The van der Waals surface area contributed by atoms with Crippen molar-refractivity contribution in [3.63, 3.8) is 0 Å². The second kappa shape index (κ2) is 7.64. The van der Waals surface area contributed by atoms with Crippen LogP contribution in [0.25, 0.3) is 0 Å². The molecule has 2 aromatic carbocycles. The first-order chi connectivity index (χ1) is 12.4. The van der Waals surface area contributed by atoms with Crippen LogP contribution in [0.2, 0.25) is 0 Å². The minimum atomic E-state index is -3.75. The van der Waals surface area contributed by atoms with Gasteiger partial charge in [-0.3, -0.25) is 9.10 Å². The van der Waals surface area contributed by atoms with E-state index in [1.165, 1.54) is 0 Å². The Morgan fingerprint density at radius 1 is 1.07 bits per heavy atom. The molecular weight excluding hydrogens is 374 g/mol. The van der Waals surface area contributed by atoms with Gasteiger partial charge in [-0.05, 0) is 35.2 Å². The summed E-state index contributed by atoms with van der Waals surface area (Å²) in [5.41, 5.74) is 1.00. The molecule has 146 valence electrons. The molecule has 27 heavy (non-hydrogen) atoms. The first-order valence-corrected chi connectivity index (χ1v) is 10.1. The third-order valence-electron chi connectivity index (χ3n) is 3.91. The van der Waals surface area contributed by atoms with Gasteiger partial charge in [0.25, 0.3) is 0 Å². The lowest BCUT2D eigenvalue weighted by Gasteiger charge is -2.24. The molecule has 8 heteroatoms. The average molecular weight is 396 g/mol. The Kier molecular flexibility index (Phi) is 5.89. The van der Waals surface area contributed by atoms with Crippen LogP contribution >= 0.6 is 0 Å². The Morgan fingerprint density at radius 2 is 1.67 bits per heavy atom. The van der Waals surface area contributed by atoms with Gasteiger partial charge in [0.1, 0.15) is 18.2 Å². The highest BCUT2D eigenvalue weighted by molar-refractivity contribution is 7.92. The predicted molar refractivity (Wildman–Crippen MR) is 102 cm³/mol. The van der Waals surface area contributed by atoms with Gasteiger partial charge in [0.15, 0.2) is 0 Å². The van der Waals surface area contributed by atoms with Crippen LogP contribution in [0.15, 0.2) is 42.5 Å². The molecule has 1 amide bonds. The highest BCUT2D eigenvalue weighted by Gasteiger charge is 2.22. The van der Waals surface area contributed by atoms with Crippen molar-refractivity contribution in [3.8, 4) is 0 Å². The summed E-state index contributed by atoms with van der Waals surface area (Å²) in [5.74, 6) is -2.46. The fraction of sp³-hybridized carbons (Fsp3) is 0.316. The minimum Gasteiger partial charge on any atom is -0.322 e. The maximum Gasteiger partial charge on any atom is 0.245 e. The zero-order chi connectivity index (χ0) is 20.4. The smallest absolute Gasteiger partial charge is 0.245 e. The van der Waals surface area contributed by atoms with E-state index in [1.807, 2.05) is 20.8 Å². The summed E-state index contributed by atoms with van der Waals surface area (Å²) in [6.45, 7) is 5.55. The minimum absolute atomic E-state index is 0.105. The van der Waals surface area contributed by atoms with E-state index in [0.29, 0.717) is 11.8 Å². The number of anilines is 2. The lowest BCUT2D eigenvalue weighted by molar-refractivity contribution is -0.114. The van der Waals surface area contributed by atoms with E-state index in [-0.39, 0.29) is 11.1 Å². The number of halogens is 2. The molecule has 2 aromatic rings. The molecule has 0 heterocycles. The number of amides is 1. The molecule has 0 aliphatic heterocycles. The molecule has 0 saturated heterocycles. The van der Waals surface area contributed by atoms with Crippen LogP contribution in [0.1, 0.15) is 26.3 Å². The van der Waals surface area contributed by atoms with Crippen molar-refractivity contribution in [2.45, 2.75) is 26.2 Å². The van der Waals surface area contributed by atoms with Gasteiger partial charge in [-0.25, -0.2) is 17.2 Å². The molecule has 0 bridgehead atoms. The van der Waals surface area contributed by atoms with Crippen molar-refractivity contribution in [2.75, 3.05) is 22.4 Å². The summed E-state index contributed by atoms with van der Waals surface area (Å²) < 4.78 is 51.8. The monoisotopic (exact) mass is 396 g/mol. The summed E-state index contributed by atoms with van der Waals surface area (Å²) >= 11 is 0. The third kappa shape index (κ3) is 5.50. The van der Waals surface area contributed by atoms with Crippen LogP contribution in [-0.4, -0.2) is 27.1 Å². The molecule has 1 N–H and O–H groups in total. The molecule has 0 spiro atoms. The van der Waals surface area contributed by atoms with Crippen molar-refractivity contribution >= 4 is 27.3 Å². The van der Waals surface area contributed by atoms with E-state index in [0.717, 1.165) is 28.3 Å². The Morgan fingerprint density at radius 3 is 2.15 bits per heavy atom. The first kappa shape index (κ1) is 20.8. The normalized spacial score (nSPS) is 11.9. The number of carbonyl (C=O) groups is 1. The predicted octanol–water partition coefficient (Wildman–Crippen LogP) is 3.67. The van der Waals surface area contributed by atoms with E-state index in [2.05, 4.69) is 5.32 Å². The second-order valence-electron chi connectivity index (χ2n) is 7.24. The summed E-state index contributed by atoms with van der Waals surface area (Å²) in [4.78, 5) is 12.2. The van der Waals surface area contributed by atoms with E-state index in [9.17, 15) is 22.0 Å². The summed E-state index contributed by atoms with van der Waals surface area (Å²) in [6.07, 6.45) is 0.983. The van der Waals surface area contributed by atoms with Crippen LogP contribution in [0.5, 0.6) is 0 Å². The number of benzene rings is 2. The molecule has 5 nitrogen and oxygen atoms in total. The molecule has 0 unspecified atom stereocenters. The number of rotatable bonds is 5. The largest absolute Gasteiger partial charge is 0.322 e. The van der Waals surface area contributed by atoms with Crippen LogP contribution in [0, 0.1) is 11.6 Å². The molecule has 0 saturated carbocycles. The Hall–Kier alpha value is -2.48. The molecule has 0 atom stereocenters. The Labute approximate surface area is 158 Å². The molecule has 0 aliphatic rings. The number of hydrogen-bond donors (Lipinski definition) is 1. The van der Waals surface area contributed by atoms with Gasteiger partial charge in [-0.15, -0.1) is 0 Å². The standard InChI is InChI=1S/C19H22F2N2O3S/c1-19(2,3)13-5-8-15(9-6-13)23(27(4,25)26)12-18(24)22-17-10-7-14(20)11-16(17)21/h5-11H,12H2,1-4H3,(H,22,24). The van der Waals surface area contributed by atoms with Gasteiger partial charge in [0, 0.05) is 6.07 Å². The maximum absolute atomic E-state index is 13.7. The van der Waals surface area contributed by atoms with Gasteiger partial charge in [-0.1, -0.05) is 32.9 Å². The van der Waals surface area contributed by atoms with Crippen molar-refractivity contribution < 1.29 is 22.0 Å².